The van der Waals surface area contributed by atoms with Crippen molar-refractivity contribution in [3.05, 3.63) is 72.3 Å². The Morgan fingerprint density at radius 1 is 1.05 bits per heavy atom. The van der Waals surface area contributed by atoms with Crippen LogP contribution in [-0.4, -0.2) is 9.78 Å². The Morgan fingerprint density at radius 3 is 2.70 bits per heavy atom. The molecule has 0 saturated carbocycles. The number of rotatable bonds is 3. The first-order valence-electron chi connectivity index (χ1n) is 6.26. The van der Waals surface area contributed by atoms with E-state index in [1.54, 1.807) is 30.6 Å². The minimum Gasteiger partial charge on any atom is -0.454 e. The number of hydrogen-bond acceptors (Lipinski definition) is 2. The fourth-order valence-corrected chi connectivity index (χ4v) is 1.94. The average molecular weight is 268 g/mol. The van der Waals surface area contributed by atoms with E-state index in [-0.39, 0.29) is 5.82 Å². The maximum Gasteiger partial charge on any atom is 0.165 e. The van der Waals surface area contributed by atoms with Crippen LogP contribution in [-0.2, 0) is 0 Å². The lowest BCUT2D eigenvalue weighted by Gasteiger charge is -2.03. The van der Waals surface area contributed by atoms with Crippen molar-refractivity contribution in [3.8, 4) is 17.2 Å². The second-order valence-corrected chi connectivity index (χ2v) is 4.49. The van der Waals surface area contributed by atoms with Gasteiger partial charge in [0.25, 0.3) is 0 Å². The van der Waals surface area contributed by atoms with Crippen molar-refractivity contribution in [2.45, 2.75) is 6.92 Å². The minimum atomic E-state index is -0.322. The number of aromatic nitrogens is 2. The molecule has 0 aliphatic rings. The van der Waals surface area contributed by atoms with Gasteiger partial charge in [-0.1, -0.05) is 24.3 Å². The van der Waals surface area contributed by atoms with Crippen molar-refractivity contribution >= 4 is 0 Å². The number of hydrogen-bond donors (Lipinski definition) is 0. The molecular weight excluding hydrogens is 255 g/mol. The van der Waals surface area contributed by atoms with E-state index in [1.165, 1.54) is 10.7 Å². The van der Waals surface area contributed by atoms with E-state index < -0.39 is 0 Å². The van der Waals surface area contributed by atoms with Crippen LogP contribution < -0.4 is 4.74 Å². The highest BCUT2D eigenvalue weighted by Crippen LogP contribution is 2.23. The summed E-state index contributed by atoms with van der Waals surface area (Å²) in [7, 11) is 0. The molecule has 3 nitrogen and oxygen atoms in total. The van der Waals surface area contributed by atoms with Crippen LogP contribution in [0, 0.1) is 12.7 Å². The lowest BCUT2D eigenvalue weighted by atomic mass is 10.2. The lowest BCUT2D eigenvalue weighted by Crippen LogP contribution is -1.96. The molecule has 100 valence electrons. The molecule has 0 saturated heterocycles. The highest BCUT2D eigenvalue weighted by Gasteiger charge is 2.06. The normalized spacial score (nSPS) is 10.5. The van der Waals surface area contributed by atoms with Gasteiger partial charge in [-0.25, -0.2) is 9.07 Å². The number of aryl methyl sites for hydroxylation is 1. The third-order valence-corrected chi connectivity index (χ3v) is 2.88. The van der Waals surface area contributed by atoms with Crippen molar-refractivity contribution < 1.29 is 9.13 Å². The van der Waals surface area contributed by atoms with Crippen LogP contribution in [0.25, 0.3) is 5.69 Å². The van der Waals surface area contributed by atoms with Crippen LogP contribution in [0.3, 0.4) is 0 Å². The van der Waals surface area contributed by atoms with E-state index in [9.17, 15) is 4.39 Å². The number of nitrogens with zero attached hydrogens (tertiary/aromatic N) is 2. The molecule has 0 atom stereocenters. The van der Waals surface area contributed by atoms with Crippen LogP contribution in [0.15, 0.2) is 60.9 Å². The minimum absolute atomic E-state index is 0.322. The molecule has 0 amide bonds. The molecule has 0 spiro atoms. The average Bonchev–Trinajstić information content (AvgIpc) is 2.87. The molecule has 1 heterocycles. The Kier molecular flexibility index (Phi) is 3.21. The summed E-state index contributed by atoms with van der Waals surface area (Å²) in [6.07, 6.45) is 3.22. The van der Waals surface area contributed by atoms with E-state index in [4.69, 9.17) is 4.74 Å². The largest absolute Gasteiger partial charge is 0.454 e. The first-order valence-corrected chi connectivity index (χ1v) is 6.26. The van der Waals surface area contributed by atoms with Crippen LogP contribution >= 0.6 is 0 Å². The summed E-state index contributed by atoms with van der Waals surface area (Å²) >= 11 is 0. The fourth-order valence-electron chi connectivity index (χ4n) is 1.94. The first kappa shape index (κ1) is 12.4. The highest BCUT2D eigenvalue weighted by molar-refractivity contribution is 5.36. The van der Waals surface area contributed by atoms with Crippen LogP contribution in [0.5, 0.6) is 11.5 Å². The molecule has 0 unspecified atom stereocenters. The first-order chi connectivity index (χ1) is 9.72. The molecule has 20 heavy (non-hydrogen) atoms. The van der Waals surface area contributed by atoms with Gasteiger partial charge in [0.1, 0.15) is 17.3 Å². The zero-order valence-corrected chi connectivity index (χ0v) is 11.0. The van der Waals surface area contributed by atoms with Gasteiger partial charge in [0.15, 0.2) is 5.75 Å². The molecule has 0 bridgehead atoms. The Labute approximate surface area is 116 Å². The summed E-state index contributed by atoms with van der Waals surface area (Å²) in [4.78, 5) is 0. The Bertz CT molecular complexity index is 737. The molecule has 1 aromatic heterocycles. The molecule has 2 aromatic carbocycles. The van der Waals surface area contributed by atoms with Gasteiger partial charge < -0.3 is 4.74 Å². The van der Waals surface area contributed by atoms with Crippen molar-refractivity contribution in [1.82, 2.24) is 9.78 Å². The predicted octanol–water partition coefficient (Wildman–Crippen LogP) is 4.11. The second-order valence-electron chi connectivity index (χ2n) is 4.49. The quantitative estimate of drug-likeness (QED) is 0.714. The monoisotopic (exact) mass is 268 g/mol. The van der Waals surface area contributed by atoms with Gasteiger partial charge in [0, 0.05) is 0 Å². The summed E-state index contributed by atoms with van der Waals surface area (Å²) in [5, 5.41) is 4.12. The van der Waals surface area contributed by atoms with E-state index in [1.807, 2.05) is 31.2 Å². The number of para-hydroxylation sites is 1. The maximum absolute atomic E-state index is 13.7. The Morgan fingerprint density at radius 2 is 1.90 bits per heavy atom. The van der Waals surface area contributed by atoms with E-state index in [2.05, 4.69) is 5.10 Å². The molecule has 0 N–H and O–H groups in total. The summed E-state index contributed by atoms with van der Waals surface area (Å²) in [6, 6.07) is 14.2. The van der Waals surface area contributed by atoms with Crippen LogP contribution in [0.2, 0.25) is 0 Å². The Balaban J connectivity index is 1.86. The highest BCUT2D eigenvalue weighted by atomic mass is 19.1. The third kappa shape index (κ3) is 2.54. The fraction of sp³-hybridized carbons (Fsp3) is 0.0625. The van der Waals surface area contributed by atoms with Gasteiger partial charge in [-0.2, -0.15) is 5.10 Å². The molecule has 0 fully saturated rings. The summed E-state index contributed by atoms with van der Waals surface area (Å²) < 4.78 is 20.8. The third-order valence-electron chi connectivity index (χ3n) is 2.88. The molecule has 0 aliphatic carbocycles. The zero-order valence-electron chi connectivity index (χ0n) is 11.0. The number of benzene rings is 2. The standard InChI is InChI=1S/C16H13FN2O/c1-12-5-4-6-13(9-12)20-14-10-18-19(11-14)16-8-3-2-7-15(16)17/h2-11H,1H3. The van der Waals surface area contributed by atoms with Gasteiger partial charge in [-0.05, 0) is 36.8 Å². The van der Waals surface area contributed by atoms with Gasteiger partial charge in [0.05, 0.1) is 12.4 Å². The van der Waals surface area contributed by atoms with E-state index in [0.717, 1.165) is 11.3 Å². The van der Waals surface area contributed by atoms with E-state index in [0.29, 0.717) is 11.4 Å². The summed E-state index contributed by atoms with van der Waals surface area (Å²) in [6.45, 7) is 2.00. The molecule has 0 aliphatic heterocycles. The topological polar surface area (TPSA) is 27.1 Å². The molecule has 4 heteroatoms. The molecule has 3 rings (SSSR count). The van der Waals surface area contributed by atoms with Gasteiger partial charge in [-0.3, -0.25) is 0 Å². The van der Waals surface area contributed by atoms with E-state index >= 15 is 0 Å². The zero-order chi connectivity index (χ0) is 13.9. The maximum atomic E-state index is 13.7. The van der Waals surface area contributed by atoms with Crippen molar-refractivity contribution in [2.24, 2.45) is 0 Å². The van der Waals surface area contributed by atoms with Gasteiger partial charge >= 0.3 is 0 Å². The molecular formula is C16H13FN2O. The lowest BCUT2D eigenvalue weighted by molar-refractivity contribution is 0.482. The van der Waals surface area contributed by atoms with Crippen molar-refractivity contribution in [2.75, 3.05) is 0 Å². The molecule has 0 radical (unpaired) electrons. The second kappa shape index (κ2) is 5.17. The smallest absolute Gasteiger partial charge is 0.165 e. The molecule has 3 aromatic rings. The predicted molar refractivity (Wildman–Crippen MR) is 74.8 cm³/mol. The van der Waals surface area contributed by atoms with Crippen LogP contribution in [0.1, 0.15) is 5.56 Å². The summed E-state index contributed by atoms with van der Waals surface area (Å²) in [5.74, 6) is 0.981. The SMILES string of the molecule is Cc1cccc(Oc2cnn(-c3ccccc3F)c2)c1. The van der Waals surface area contributed by atoms with Crippen LogP contribution in [0.4, 0.5) is 4.39 Å². The summed E-state index contributed by atoms with van der Waals surface area (Å²) in [5.41, 5.74) is 1.51. The van der Waals surface area contributed by atoms with Crippen molar-refractivity contribution in [1.29, 1.82) is 0 Å². The number of ether oxygens (including phenoxy) is 1. The van der Waals surface area contributed by atoms with Crippen molar-refractivity contribution in [3.63, 3.8) is 0 Å². The number of halogens is 1. The van der Waals surface area contributed by atoms with Gasteiger partial charge in [0.2, 0.25) is 0 Å². The Hall–Kier alpha value is -2.62. The van der Waals surface area contributed by atoms with Gasteiger partial charge in [-0.15, -0.1) is 0 Å².